The molecule has 128 valence electrons. The Morgan fingerprint density at radius 2 is 1.80 bits per heavy atom. The van der Waals surface area contributed by atoms with Gasteiger partial charge >= 0.3 is 6.18 Å². The predicted molar refractivity (Wildman–Crippen MR) is 84.7 cm³/mol. The van der Waals surface area contributed by atoms with Gasteiger partial charge in [0.2, 0.25) is 5.13 Å². The summed E-state index contributed by atoms with van der Waals surface area (Å²) >= 11 is 0.817. The smallest absolute Gasteiger partial charge is 0.297 e. The highest BCUT2D eigenvalue weighted by molar-refractivity contribution is 7.10. The van der Waals surface area contributed by atoms with E-state index in [0.29, 0.717) is 17.7 Å². The highest BCUT2D eigenvalue weighted by atomic mass is 32.1. The molecule has 0 aliphatic rings. The maximum absolute atomic E-state index is 13.3. The molecule has 0 atom stereocenters. The van der Waals surface area contributed by atoms with E-state index in [9.17, 15) is 22.4 Å². The molecule has 0 aliphatic carbocycles. The Hall–Kier alpha value is -2.81. The Morgan fingerprint density at radius 1 is 1.08 bits per heavy atom. The zero-order valence-electron chi connectivity index (χ0n) is 12.3. The van der Waals surface area contributed by atoms with Gasteiger partial charge in [-0.1, -0.05) is 18.2 Å². The molecule has 0 spiro atoms. The summed E-state index contributed by atoms with van der Waals surface area (Å²) in [6.45, 7) is 0. The third kappa shape index (κ3) is 3.82. The highest BCUT2D eigenvalue weighted by Crippen LogP contribution is 2.34. The number of halogens is 4. The number of carbonyl (C=O) groups is 1. The van der Waals surface area contributed by atoms with Crippen molar-refractivity contribution in [2.45, 2.75) is 6.18 Å². The number of anilines is 1. The van der Waals surface area contributed by atoms with E-state index in [2.05, 4.69) is 14.7 Å². The third-order valence-electron chi connectivity index (χ3n) is 3.21. The van der Waals surface area contributed by atoms with Gasteiger partial charge in [0, 0.05) is 22.7 Å². The predicted octanol–water partition coefficient (Wildman–Crippen LogP) is 4.62. The first-order chi connectivity index (χ1) is 11.8. The maximum Gasteiger partial charge on any atom is 0.419 e. The molecule has 3 rings (SSSR count). The largest absolute Gasteiger partial charge is 0.419 e. The van der Waals surface area contributed by atoms with Gasteiger partial charge in [-0.15, -0.1) is 0 Å². The SMILES string of the molecule is O=C(Nc1nc(-c2ccc(F)c(C(F)(F)F)c2)ns1)c1ccccc1. The topological polar surface area (TPSA) is 54.9 Å². The molecule has 25 heavy (non-hydrogen) atoms. The number of alkyl halides is 3. The van der Waals surface area contributed by atoms with Crippen LogP contribution in [0.25, 0.3) is 11.4 Å². The van der Waals surface area contributed by atoms with E-state index in [1.54, 1.807) is 30.3 Å². The lowest BCUT2D eigenvalue weighted by Crippen LogP contribution is -2.11. The molecule has 1 amide bonds. The third-order valence-corrected chi connectivity index (χ3v) is 3.84. The van der Waals surface area contributed by atoms with Crippen molar-refractivity contribution >= 4 is 22.6 Å². The number of nitrogens with zero attached hydrogens (tertiary/aromatic N) is 2. The number of aromatic nitrogens is 2. The second kappa shape index (κ2) is 6.60. The molecule has 0 bridgehead atoms. The van der Waals surface area contributed by atoms with E-state index in [-0.39, 0.29) is 16.5 Å². The summed E-state index contributed by atoms with van der Waals surface area (Å²) in [7, 11) is 0. The van der Waals surface area contributed by atoms with E-state index >= 15 is 0 Å². The highest BCUT2D eigenvalue weighted by Gasteiger charge is 2.34. The average Bonchev–Trinajstić information content (AvgIpc) is 3.03. The van der Waals surface area contributed by atoms with Gasteiger partial charge in [-0.3, -0.25) is 10.1 Å². The van der Waals surface area contributed by atoms with E-state index in [1.807, 2.05) is 0 Å². The molecular formula is C16H9F4N3OS. The molecule has 1 heterocycles. The van der Waals surface area contributed by atoms with Crippen molar-refractivity contribution in [2.24, 2.45) is 0 Å². The summed E-state index contributed by atoms with van der Waals surface area (Å²) in [6, 6.07) is 10.8. The fraction of sp³-hybridized carbons (Fsp3) is 0.0625. The molecule has 9 heteroatoms. The minimum Gasteiger partial charge on any atom is -0.297 e. The van der Waals surface area contributed by atoms with Crippen LogP contribution in [-0.2, 0) is 6.18 Å². The number of rotatable bonds is 3. The average molecular weight is 367 g/mol. The van der Waals surface area contributed by atoms with Crippen molar-refractivity contribution < 1.29 is 22.4 Å². The van der Waals surface area contributed by atoms with Crippen LogP contribution in [0.1, 0.15) is 15.9 Å². The van der Waals surface area contributed by atoms with Crippen LogP contribution in [0.2, 0.25) is 0 Å². The summed E-state index contributed by atoms with van der Waals surface area (Å²) < 4.78 is 55.6. The molecule has 1 aromatic heterocycles. The molecule has 3 aromatic rings. The molecular weight excluding hydrogens is 358 g/mol. The zero-order chi connectivity index (χ0) is 18.0. The van der Waals surface area contributed by atoms with Gasteiger partial charge in [-0.25, -0.2) is 4.39 Å². The molecule has 1 N–H and O–H groups in total. The number of nitrogens with one attached hydrogen (secondary N) is 1. The molecule has 4 nitrogen and oxygen atoms in total. The quantitative estimate of drug-likeness (QED) is 0.688. The van der Waals surface area contributed by atoms with Gasteiger partial charge in [0.15, 0.2) is 5.82 Å². The van der Waals surface area contributed by atoms with Crippen LogP contribution in [0.3, 0.4) is 0 Å². The molecule has 0 aliphatic heterocycles. The number of amides is 1. The first-order valence-electron chi connectivity index (χ1n) is 6.92. The first-order valence-corrected chi connectivity index (χ1v) is 7.69. The molecule has 0 radical (unpaired) electrons. The summed E-state index contributed by atoms with van der Waals surface area (Å²) in [6.07, 6.45) is -4.82. The molecule has 0 saturated carbocycles. The van der Waals surface area contributed by atoms with E-state index in [4.69, 9.17) is 0 Å². The lowest BCUT2D eigenvalue weighted by Gasteiger charge is -2.08. The van der Waals surface area contributed by atoms with Gasteiger partial charge in [0.1, 0.15) is 5.82 Å². The van der Waals surface area contributed by atoms with Crippen molar-refractivity contribution in [3.8, 4) is 11.4 Å². The second-order valence-electron chi connectivity index (χ2n) is 4.94. The standard InChI is InChI=1S/C16H9F4N3OS/c17-12-7-6-10(8-11(12)16(18,19)20)13-21-15(25-23-13)22-14(24)9-4-2-1-3-5-9/h1-8H,(H,21,22,23,24). The summed E-state index contributed by atoms with van der Waals surface area (Å²) in [5, 5.41) is 2.64. The zero-order valence-corrected chi connectivity index (χ0v) is 13.2. The number of carbonyl (C=O) groups excluding carboxylic acids is 1. The lowest BCUT2D eigenvalue weighted by atomic mass is 10.1. The van der Waals surface area contributed by atoms with Gasteiger partial charge in [-0.05, 0) is 30.3 Å². The number of benzene rings is 2. The van der Waals surface area contributed by atoms with Gasteiger partial charge in [-0.2, -0.15) is 22.5 Å². The Morgan fingerprint density at radius 3 is 2.48 bits per heavy atom. The van der Waals surface area contributed by atoms with Crippen molar-refractivity contribution in [1.82, 2.24) is 9.36 Å². The number of hydrogen-bond donors (Lipinski definition) is 1. The molecule has 0 fully saturated rings. The van der Waals surface area contributed by atoms with Gasteiger partial charge in [0.25, 0.3) is 5.91 Å². The minimum atomic E-state index is -4.82. The minimum absolute atomic E-state index is 0.00480. The fourth-order valence-electron chi connectivity index (χ4n) is 2.03. The van der Waals surface area contributed by atoms with Crippen LogP contribution in [0.5, 0.6) is 0 Å². The van der Waals surface area contributed by atoms with Crippen LogP contribution >= 0.6 is 11.5 Å². The van der Waals surface area contributed by atoms with Crippen LogP contribution in [-0.4, -0.2) is 15.3 Å². The Labute approximate surface area is 143 Å². The Balaban J connectivity index is 1.83. The lowest BCUT2D eigenvalue weighted by molar-refractivity contribution is -0.139. The Bertz CT molecular complexity index is 909. The molecule has 0 saturated heterocycles. The van der Waals surface area contributed by atoms with Gasteiger partial charge in [0.05, 0.1) is 5.56 Å². The van der Waals surface area contributed by atoms with Crippen LogP contribution in [0.4, 0.5) is 22.7 Å². The van der Waals surface area contributed by atoms with E-state index in [1.165, 1.54) is 0 Å². The normalized spacial score (nSPS) is 11.4. The summed E-state index contributed by atoms with van der Waals surface area (Å²) in [4.78, 5) is 16.0. The van der Waals surface area contributed by atoms with Crippen LogP contribution in [0, 0.1) is 5.82 Å². The summed E-state index contributed by atoms with van der Waals surface area (Å²) in [5.74, 6) is -1.82. The molecule has 2 aromatic carbocycles. The maximum atomic E-state index is 13.3. The van der Waals surface area contributed by atoms with Crippen molar-refractivity contribution in [2.75, 3.05) is 5.32 Å². The summed E-state index contributed by atoms with van der Waals surface area (Å²) in [5.41, 5.74) is -0.986. The monoisotopic (exact) mass is 367 g/mol. The second-order valence-corrected chi connectivity index (χ2v) is 5.69. The van der Waals surface area contributed by atoms with Crippen molar-refractivity contribution in [3.63, 3.8) is 0 Å². The fourth-order valence-corrected chi connectivity index (χ4v) is 2.62. The number of hydrogen-bond acceptors (Lipinski definition) is 4. The Kier molecular flexibility index (Phi) is 4.49. The van der Waals surface area contributed by atoms with E-state index in [0.717, 1.165) is 17.6 Å². The van der Waals surface area contributed by atoms with E-state index < -0.39 is 23.5 Å². The van der Waals surface area contributed by atoms with Crippen molar-refractivity contribution in [3.05, 3.63) is 65.5 Å². The van der Waals surface area contributed by atoms with Gasteiger partial charge < -0.3 is 0 Å². The van der Waals surface area contributed by atoms with Crippen LogP contribution < -0.4 is 5.32 Å². The van der Waals surface area contributed by atoms with Crippen LogP contribution in [0.15, 0.2) is 48.5 Å². The first kappa shape index (κ1) is 17.0. The molecule has 0 unspecified atom stereocenters. The van der Waals surface area contributed by atoms with Crippen molar-refractivity contribution in [1.29, 1.82) is 0 Å².